The van der Waals surface area contributed by atoms with Crippen LogP contribution in [0.2, 0.25) is 0 Å². The van der Waals surface area contributed by atoms with E-state index in [0.29, 0.717) is 13.0 Å². The van der Waals surface area contributed by atoms with Crippen molar-refractivity contribution >= 4 is 17.4 Å². The molecule has 5 nitrogen and oxygen atoms in total. The van der Waals surface area contributed by atoms with Gasteiger partial charge < -0.3 is 4.74 Å². The van der Waals surface area contributed by atoms with Gasteiger partial charge in [-0.1, -0.05) is 36.4 Å². The SMILES string of the molecule is Cc1ccccc1COc1ccc(C2CC(=O)N(c3cccnc3)C3=C2C(=O)CCC3)cc1. The lowest BCUT2D eigenvalue weighted by atomic mass is 9.77. The number of hydrogen-bond donors (Lipinski definition) is 0. The van der Waals surface area contributed by atoms with E-state index >= 15 is 0 Å². The lowest BCUT2D eigenvalue weighted by Crippen LogP contribution is -2.40. The van der Waals surface area contributed by atoms with E-state index in [1.165, 1.54) is 5.56 Å². The number of allylic oxidation sites excluding steroid dienone is 2. The largest absolute Gasteiger partial charge is 0.489 e. The summed E-state index contributed by atoms with van der Waals surface area (Å²) in [5.74, 6) is 0.688. The smallest absolute Gasteiger partial charge is 0.232 e. The van der Waals surface area contributed by atoms with E-state index in [0.717, 1.165) is 46.7 Å². The second kappa shape index (κ2) is 9.02. The predicted molar refractivity (Wildman–Crippen MR) is 127 cm³/mol. The Hall–Kier alpha value is -3.73. The molecule has 2 aromatic carbocycles. The van der Waals surface area contributed by atoms with Crippen molar-refractivity contribution in [3.8, 4) is 5.75 Å². The molecule has 1 aliphatic carbocycles. The first-order valence-corrected chi connectivity index (χ1v) is 11.4. The van der Waals surface area contributed by atoms with E-state index in [1.807, 2.05) is 48.5 Å². The van der Waals surface area contributed by atoms with Crippen LogP contribution in [-0.4, -0.2) is 16.7 Å². The maximum Gasteiger partial charge on any atom is 0.232 e. The number of aromatic nitrogens is 1. The quantitative estimate of drug-likeness (QED) is 0.528. The molecule has 1 unspecified atom stereocenters. The van der Waals surface area contributed by atoms with Gasteiger partial charge in [-0.15, -0.1) is 0 Å². The van der Waals surface area contributed by atoms with E-state index in [1.54, 1.807) is 17.3 Å². The highest BCUT2D eigenvalue weighted by Crippen LogP contribution is 2.43. The molecule has 33 heavy (non-hydrogen) atoms. The predicted octanol–water partition coefficient (Wildman–Crippen LogP) is 5.50. The van der Waals surface area contributed by atoms with Crippen LogP contribution in [-0.2, 0) is 16.2 Å². The van der Waals surface area contributed by atoms with Gasteiger partial charge in [0.05, 0.1) is 11.9 Å². The number of amides is 1. The van der Waals surface area contributed by atoms with Crippen LogP contribution in [0.25, 0.3) is 0 Å². The van der Waals surface area contributed by atoms with Gasteiger partial charge in [-0.25, -0.2) is 0 Å². The van der Waals surface area contributed by atoms with E-state index < -0.39 is 0 Å². The molecule has 1 aromatic heterocycles. The van der Waals surface area contributed by atoms with Crippen LogP contribution in [0, 0.1) is 6.92 Å². The van der Waals surface area contributed by atoms with Crippen LogP contribution < -0.4 is 9.64 Å². The van der Waals surface area contributed by atoms with Gasteiger partial charge in [-0.3, -0.25) is 19.5 Å². The first kappa shape index (κ1) is 21.1. The number of ketones is 1. The normalized spacial score (nSPS) is 18.3. The average Bonchev–Trinajstić information content (AvgIpc) is 2.84. The third-order valence-corrected chi connectivity index (χ3v) is 6.52. The fourth-order valence-electron chi connectivity index (χ4n) is 4.79. The zero-order valence-corrected chi connectivity index (χ0v) is 18.7. The number of rotatable bonds is 5. The Labute approximate surface area is 193 Å². The number of carbonyl (C=O) groups is 2. The van der Waals surface area contributed by atoms with Crippen LogP contribution in [0.4, 0.5) is 5.69 Å². The van der Waals surface area contributed by atoms with Gasteiger partial charge in [0.25, 0.3) is 0 Å². The van der Waals surface area contributed by atoms with Gasteiger partial charge in [0.2, 0.25) is 5.91 Å². The lowest BCUT2D eigenvalue weighted by molar-refractivity contribution is -0.119. The number of pyridine rings is 1. The summed E-state index contributed by atoms with van der Waals surface area (Å²) in [6.45, 7) is 2.57. The van der Waals surface area contributed by atoms with Crippen LogP contribution in [0.3, 0.4) is 0 Å². The molecule has 2 heterocycles. The third-order valence-electron chi connectivity index (χ3n) is 6.52. The summed E-state index contributed by atoms with van der Waals surface area (Å²) in [7, 11) is 0. The minimum Gasteiger partial charge on any atom is -0.489 e. The average molecular weight is 439 g/mol. The molecule has 1 aliphatic heterocycles. The number of hydrogen-bond acceptors (Lipinski definition) is 4. The molecule has 0 bridgehead atoms. The van der Waals surface area contributed by atoms with Crippen LogP contribution in [0.15, 0.2) is 84.3 Å². The van der Waals surface area contributed by atoms with Gasteiger partial charge in [-0.05, 0) is 60.7 Å². The summed E-state index contributed by atoms with van der Waals surface area (Å²) < 4.78 is 5.98. The molecule has 2 aliphatic rings. The van der Waals surface area contributed by atoms with Crippen molar-refractivity contribution in [3.05, 3.63) is 101 Å². The standard InChI is InChI=1S/C28H26N2O3/c1-19-6-2-3-7-21(19)18-33-23-13-11-20(12-14-23)24-16-27(32)30(22-8-5-15-29-17-22)25-9-4-10-26(31)28(24)25/h2-3,5-8,11-15,17,24H,4,9-10,16,18H2,1H3. The first-order chi connectivity index (χ1) is 16.1. The number of aryl methyl sites for hydroxylation is 1. The summed E-state index contributed by atoms with van der Waals surface area (Å²) >= 11 is 0. The Morgan fingerprint density at radius 2 is 1.82 bits per heavy atom. The third kappa shape index (κ3) is 4.19. The van der Waals surface area contributed by atoms with Gasteiger partial charge in [0.1, 0.15) is 12.4 Å². The van der Waals surface area contributed by atoms with Gasteiger partial charge >= 0.3 is 0 Å². The fraction of sp³-hybridized carbons (Fsp3) is 0.250. The monoisotopic (exact) mass is 438 g/mol. The number of Topliss-reactive ketones (excluding diaryl/α,β-unsaturated/α-hetero) is 1. The van der Waals surface area contributed by atoms with Crippen molar-refractivity contribution in [3.63, 3.8) is 0 Å². The number of nitrogens with zero attached hydrogens (tertiary/aromatic N) is 2. The summed E-state index contributed by atoms with van der Waals surface area (Å²) in [4.78, 5) is 32.1. The number of ether oxygens (including phenoxy) is 1. The molecule has 0 saturated carbocycles. The Morgan fingerprint density at radius 1 is 1.00 bits per heavy atom. The molecule has 5 heteroatoms. The Kier molecular flexibility index (Phi) is 5.78. The van der Waals surface area contributed by atoms with Gasteiger partial charge in [0, 0.05) is 36.2 Å². The minimum absolute atomic E-state index is 0.00123. The maximum absolute atomic E-state index is 13.2. The van der Waals surface area contributed by atoms with Crippen molar-refractivity contribution in [2.45, 2.75) is 45.1 Å². The summed E-state index contributed by atoms with van der Waals surface area (Å²) in [6.07, 6.45) is 5.65. The second-order valence-electron chi connectivity index (χ2n) is 8.62. The molecule has 166 valence electrons. The van der Waals surface area contributed by atoms with Crippen molar-refractivity contribution in [2.75, 3.05) is 4.90 Å². The van der Waals surface area contributed by atoms with Crippen LogP contribution >= 0.6 is 0 Å². The molecule has 0 spiro atoms. The van der Waals surface area contributed by atoms with E-state index in [-0.39, 0.29) is 24.0 Å². The number of benzene rings is 2. The summed E-state index contributed by atoms with van der Waals surface area (Å²) in [5, 5.41) is 0. The molecule has 0 saturated heterocycles. The molecular formula is C28H26N2O3. The van der Waals surface area contributed by atoms with Crippen molar-refractivity contribution in [2.24, 2.45) is 0 Å². The molecule has 3 aromatic rings. The zero-order chi connectivity index (χ0) is 22.8. The topological polar surface area (TPSA) is 59.5 Å². The van der Waals surface area contributed by atoms with E-state index in [9.17, 15) is 9.59 Å². The number of carbonyl (C=O) groups excluding carboxylic acids is 2. The molecule has 0 radical (unpaired) electrons. The molecule has 0 fully saturated rings. The van der Waals surface area contributed by atoms with E-state index in [4.69, 9.17) is 4.74 Å². The highest BCUT2D eigenvalue weighted by Gasteiger charge is 2.39. The molecule has 0 N–H and O–H groups in total. The minimum atomic E-state index is -0.223. The van der Waals surface area contributed by atoms with E-state index in [2.05, 4.69) is 24.0 Å². The van der Waals surface area contributed by atoms with Crippen molar-refractivity contribution in [1.82, 2.24) is 4.98 Å². The number of anilines is 1. The highest BCUT2D eigenvalue weighted by molar-refractivity contribution is 6.07. The lowest BCUT2D eigenvalue weighted by Gasteiger charge is -2.38. The molecule has 1 amide bonds. The Bertz CT molecular complexity index is 1220. The Morgan fingerprint density at radius 3 is 2.58 bits per heavy atom. The molecule has 1 atom stereocenters. The maximum atomic E-state index is 13.2. The van der Waals surface area contributed by atoms with Crippen molar-refractivity contribution < 1.29 is 14.3 Å². The Balaban J connectivity index is 1.42. The second-order valence-corrected chi connectivity index (χ2v) is 8.62. The fourth-order valence-corrected chi connectivity index (χ4v) is 4.79. The van der Waals surface area contributed by atoms with Crippen molar-refractivity contribution in [1.29, 1.82) is 0 Å². The van der Waals surface area contributed by atoms with Crippen LogP contribution in [0.1, 0.15) is 48.3 Å². The van der Waals surface area contributed by atoms with Crippen LogP contribution in [0.5, 0.6) is 5.75 Å². The van der Waals surface area contributed by atoms with Gasteiger partial charge in [-0.2, -0.15) is 0 Å². The summed E-state index contributed by atoms with van der Waals surface area (Å²) in [5.41, 5.74) is 5.66. The van der Waals surface area contributed by atoms with Gasteiger partial charge in [0.15, 0.2) is 5.78 Å². The summed E-state index contributed by atoms with van der Waals surface area (Å²) in [6, 6.07) is 19.7. The molecular weight excluding hydrogens is 412 g/mol. The molecule has 5 rings (SSSR count). The zero-order valence-electron chi connectivity index (χ0n) is 18.7. The highest BCUT2D eigenvalue weighted by atomic mass is 16.5. The first-order valence-electron chi connectivity index (χ1n) is 11.4.